The monoisotopic (exact) mass is 1120 g/mol. The number of likely N-dealkylation sites (N-methyl/N-ethyl adjacent to an activating group) is 1. The van der Waals surface area contributed by atoms with Crippen LogP contribution in [0.3, 0.4) is 0 Å². The fourth-order valence-corrected chi connectivity index (χ4v) is 9.46. The summed E-state index contributed by atoms with van der Waals surface area (Å²) in [5, 5.41) is 3.01. The van der Waals surface area contributed by atoms with Crippen molar-refractivity contribution in [3.05, 3.63) is 109 Å². The number of esters is 1. The van der Waals surface area contributed by atoms with E-state index in [1.807, 2.05) is 33.3 Å². The first kappa shape index (κ1) is 75.7. The first-order valence-corrected chi connectivity index (χ1v) is 33.7. The van der Waals surface area contributed by atoms with Crippen molar-refractivity contribution in [1.82, 2.24) is 5.32 Å². The Morgan fingerprint density at radius 3 is 1.27 bits per heavy atom. The topological polar surface area (TPSA) is 114 Å². The average Bonchev–Trinajstić information content (AvgIpc) is 3.41. The number of hydrogen-bond donors (Lipinski definition) is 1. The zero-order valence-electron chi connectivity index (χ0n) is 51.8. The van der Waals surface area contributed by atoms with Gasteiger partial charge in [-0.2, -0.15) is 0 Å². The van der Waals surface area contributed by atoms with Crippen LogP contribution in [0.4, 0.5) is 0 Å². The van der Waals surface area contributed by atoms with E-state index in [1.54, 1.807) is 0 Å². The lowest BCUT2D eigenvalue weighted by atomic mass is 10.0. The highest BCUT2D eigenvalue weighted by molar-refractivity contribution is 7.45. The third kappa shape index (κ3) is 59.1. The van der Waals surface area contributed by atoms with Gasteiger partial charge in [0.15, 0.2) is 0 Å². The number of hydrogen-bond acceptors (Lipinski definition) is 7. The third-order valence-electron chi connectivity index (χ3n) is 13.7. The van der Waals surface area contributed by atoms with E-state index < -0.39 is 32.5 Å². The van der Waals surface area contributed by atoms with Crippen LogP contribution in [0.1, 0.15) is 265 Å². The van der Waals surface area contributed by atoms with Gasteiger partial charge in [0.25, 0.3) is 7.82 Å². The van der Waals surface area contributed by atoms with Crippen LogP contribution in [0.5, 0.6) is 0 Å². The van der Waals surface area contributed by atoms with Crippen LogP contribution in [-0.4, -0.2) is 69.4 Å². The van der Waals surface area contributed by atoms with Crippen LogP contribution in [0.25, 0.3) is 0 Å². The smallest absolute Gasteiger partial charge is 0.306 e. The Labute approximate surface area is 487 Å². The Morgan fingerprint density at radius 2 is 0.823 bits per heavy atom. The van der Waals surface area contributed by atoms with E-state index in [0.29, 0.717) is 23.9 Å². The van der Waals surface area contributed by atoms with Crippen LogP contribution >= 0.6 is 7.82 Å². The average molecular weight is 1120 g/mol. The van der Waals surface area contributed by atoms with E-state index in [1.165, 1.54) is 128 Å². The first-order chi connectivity index (χ1) is 38.4. The lowest BCUT2D eigenvalue weighted by molar-refractivity contribution is -0.870. The van der Waals surface area contributed by atoms with E-state index in [4.69, 9.17) is 13.8 Å². The maximum Gasteiger partial charge on any atom is 0.306 e. The molecule has 0 aromatic carbocycles. The molecule has 79 heavy (non-hydrogen) atoms. The summed E-state index contributed by atoms with van der Waals surface area (Å²) in [4.78, 5) is 40.0. The maximum atomic E-state index is 13.5. The van der Waals surface area contributed by atoms with Gasteiger partial charge in [0.2, 0.25) is 5.91 Å². The molecule has 0 bridgehead atoms. The molecule has 0 spiro atoms. The number of ether oxygens (including phenoxy) is 1. The largest absolute Gasteiger partial charge is 0.756 e. The summed E-state index contributed by atoms with van der Waals surface area (Å²) in [6, 6.07) is -0.919. The minimum absolute atomic E-state index is 0.0363. The Morgan fingerprint density at radius 1 is 0.456 bits per heavy atom. The maximum absolute atomic E-state index is 13.5. The summed E-state index contributed by atoms with van der Waals surface area (Å²) < 4.78 is 30.3. The number of phosphoric ester groups is 1. The van der Waals surface area contributed by atoms with Crippen molar-refractivity contribution >= 4 is 19.7 Å². The Balaban J connectivity index is 5.18. The van der Waals surface area contributed by atoms with Gasteiger partial charge in [-0.1, -0.05) is 252 Å². The number of amides is 1. The molecule has 9 nitrogen and oxygen atoms in total. The van der Waals surface area contributed by atoms with Crippen molar-refractivity contribution in [1.29, 1.82) is 0 Å². The number of quaternary nitrogens is 1. The van der Waals surface area contributed by atoms with Gasteiger partial charge in [0, 0.05) is 12.8 Å². The standard InChI is InChI=1S/C69H121N2O7P/c1-7-10-13-16-19-22-25-27-29-31-32-33-34-35-36-37-38-40-41-43-46-49-52-55-58-61-68(72)70-66(65-77-79(74,75)76-64-63-71(4,5)6)67(60-57-54-51-48-45-24-21-18-15-12-9-3)78-69(73)62-59-56-53-50-47-44-42-39-30-28-26-23-20-17-14-11-8-2/h11,14,19-20,22-23,27-30,32-33,42,44,50,53,57,60,66-67H,7-10,12-13,15-18,21,24-26,31,34-41,43,45-49,51-52,54-56,58-59,61-65H2,1-6H3,(H-,70,72,74,75)/b14-11-,22-19-,23-20-,29-27-,30-28-,33-32-,44-42-,53-50-,60-57-. The lowest BCUT2D eigenvalue weighted by Gasteiger charge is -2.30. The summed E-state index contributed by atoms with van der Waals surface area (Å²) in [7, 11) is 1.14. The number of allylic oxidation sites excluding steroid dienone is 17. The van der Waals surface area contributed by atoms with Crippen molar-refractivity contribution in [2.24, 2.45) is 0 Å². The summed E-state index contributed by atoms with van der Waals surface area (Å²) in [5.74, 6) is -0.615. The molecule has 0 heterocycles. The van der Waals surface area contributed by atoms with Crippen LogP contribution in [-0.2, 0) is 27.9 Å². The molecule has 1 amide bonds. The van der Waals surface area contributed by atoms with E-state index in [9.17, 15) is 19.0 Å². The Kier molecular flexibility index (Phi) is 55.4. The predicted molar refractivity (Wildman–Crippen MR) is 339 cm³/mol. The number of phosphoric acid groups is 1. The quantitative estimate of drug-likeness (QED) is 0.0212. The van der Waals surface area contributed by atoms with Gasteiger partial charge in [0.1, 0.15) is 19.3 Å². The van der Waals surface area contributed by atoms with Gasteiger partial charge in [-0.05, 0) is 109 Å². The predicted octanol–water partition coefficient (Wildman–Crippen LogP) is 19.5. The zero-order chi connectivity index (χ0) is 57.9. The summed E-state index contributed by atoms with van der Waals surface area (Å²) in [6.07, 6.45) is 79.3. The molecule has 0 aliphatic rings. The fourth-order valence-electron chi connectivity index (χ4n) is 8.74. The molecule has 0 fully saturated rings. The van der Waals surface area contributed by atoms with Crippen molar-refractivity contribution in [2.75, 3.05) is 40.9 Å². The van der Waals surface area contributed by atoms with Gasteiger partial charge in [-0.25, -0.2) is 0 Å². The SMILES string of the molecule is CC/C=C\C/C=C\C/C=C\C/C=C\C/C=C\CCCC(=O)OC(/C=C\CCCCCCCCCCC)C(COP(=O)([O-])OCC[N+](C)(C)C)NC(=O)CCCCCCCCCCCCCC/C=C\C/C=C\C/C=C\CCCCC. The van der Waals surface area contributed by atoms with Crippen molar-refractivity contribution in [2.45, 2.75) is 277 Å². The van der Waals surface area contributed by atoms with Gasteiger partial charge in [-0.15, -0.1) is 0 Å². The van der Waals surface area contributed by atoms with Gasteiger partial charge >= 0.3 is 5.97 Å². The van der Waals surface area contributed by atoms with E-state index in [-0.39, 0.29) is 18.9 Å². The number of nitrogens with zero attached hydrogens (tertiary/aromatic N) is 1. The molecule has 0 saturated heterocycles. The summed E-state index contributed by atoms with van der Waals surface area (Å²) >= 11 is 0. The molecule has 1 N–H and O–H groups in total. The van der Waals surface area contributed by atoms with Gasteiger partial charge in [0.05, 0.1) is 33.8 Å². The molecular formula is C69H121N2O7P. The van der Waals surface area contributed by atoms with E-state index >= 15 is 0 Å². The van der Waals surface area contributed by atoms with Crippen LogP contribution < -0.4 is 10.2 Å². The molecule has 0 aromatic rings. The van der Waals surface area contributed by atoms with Crippen LogP contribution in [0.15, 0.2) is 109 Å². The molecule has 0 aliphatic carbocycles. The summed E-state index contributed by atoms with van der Waals surface area (Å²) in [6.45, 7) is 6.65. The second kappa shape index (κ2) is 57.9. The van der Waals surface area contributed by atoms with Crippen LogP contribution in [0, 0.1) is 0 Å². The molecule has 0 aliphatic heterocycles. The van der Waals surface area contributed by atoms with Crippen molar-refractivity contribution in [3.8, 4) is 0 Å². The minimum atomic E-state index is -4.72. The number of unbranched alkanes of at least 4 members (excludes halogenated alkanes) is 25. The molecule has 0 saturated carbocycles. The molecule has 0 aromatic heterocycles. The molecule has 0 radical (unpaired) electrons. The van der Waals surface area contributed by atoms with Gasteiger partial charge < -0.3 is 28.5 Å². The lowest BCUT2D eigenvalue weighted by Crippen LogP contribution is -2.47. The number of rotatable bonds is 57. The second-order valence-electron chi connectivity index (χ2n) is 22.5. The highest BCUT2D eigenvalue weighted by Gasteiger charge is 2.27. The number of carbonyl (C=O) groups is 2. The third-order valence-corrected chi connectivity index (χ3v) is 14.7. The van der Waals surface area contributed by atoms with Crippen molar-refractivity contribution < 1.29 is 37.3 Å². The van der Waals surface area contributed by atoms with E-state index in [2.05, 4.69) is 123 Å². The van der Waals surface area contributed by atoms with Gasteiger partial charge in [-0.3, -0.25) is 14.2 Å². The highest BCUT2D eigenvalue weighted by Crippen LogP contribution is 2.38. The highest BCUT2D eigenvalue weighted by atomic mass is 31.2. The molecule has 3 unspecified atom stereocenters. The molecule has 3 atom stereocenters. The first-order valence-electron chi connectivity index (χ1n) is 32.2. The number of nitrogens with one attached hydrogen (secondary N) is 1. The Bertz CT molecular complexity index is 1720. The second-order valence-corrected chi connectivity index (χ2v) is 23.9. The zero-order valence-corrected chi connectivity index (χ0v) is 52.7. The normalized spacial score (nSPS) is 14.4. The molecule has 454 valence electrons. The Hall–Kier alpha value is -3.33. The fraction of sp³-hybridized carbons (Fsp3) is 0.710. The van der Waals surface area contributed by atoms with Crippen molar-refractivity contribution in [3.63, 3.8) is 0 Å². The molecule has 0 rings (SSSR count). The minimum Gasteiger partial charge on any atom is -0.756 e. The summed E-state index contributed by atoms with van der Waals surface area (Å²) in [5.41, 5.74) is 0. The van der Waals surface area contributed by atoms with E-state index in [0.717, 1.165) is 96.3 Å². The molecule has 10 heteroatoms. The number of carbonyl (C=O) groups excluding carboxylic acids is 2. The van der Waals surface area contributed by atoms with Crippen LogP contribution in [0.2, 0.25) is 0 Å². The molecular weight excluding hydrogens is 1000 g/mol.